The number of nitrogens with zero attached hydrogens (tertiary/aromatic N) is 2. The Bertz CT molecular complexity index is 404. The van der Waals surface area contributed by atoms with Gasteiger partial charge in [-0.15, -0.1) is 0 Å². The van der Waals surface area contributed by atoms with Crippen LogP contribution >= 0.6 is 11.6 Å². The summed E-state index contributed by atoms with van der Waals surface area (Å²) in [6.07, 6.45) is 3.49. The molecular formula is C10H17ClN4O. The van der Waals surface area contributed by atoms with Gasteiger partial charge in [0.05, 0.1) is 11.9 Å². The summed E-state index contributed by atoms with van der Waals surface area (Å²) in [5, 5.41) is 7.20. The van der Waals surface area contributed by atoms with E-state index >= 15 is 0 Å². The van der Waals surface area contributed by atoms with E-state index in [1.54, 1.807) is 13.2 Å². The molecule has 0 fully saturated rings. The van der Waals surface area contributed by atoms with Crippen LogP contribution < -0.4 is 16.6 Å². The maximum atomic E-state index is 11.5. The fraction of sp³-hybridized carbons (Fsp3) is 0.600. The van der Waals surface area contributed by atoms with Crippen molar-refractivity contribution >= 4 is 17.3 Å². The van der Waals surface area contributed by atoms with E-state index in [0.717, 1.165) is 12.8 Å². The van der Waals surface area contributed by atoms with Crippen molar-refractivity contribution in [2.24, 2.45) is 12.8 Å². The molecule has 90 valence electrons. The second-order valence-corrected chi connectivity index (χ2v) is 4.04. The first-order valence-corrected chi connectivity index (χ1v) is 5.66. The van der Waals surface area contributed by atoms with Gasteiger partial charge in [-0.25, -0.2) is 4.68 Å². The van der Waals surface area contributed by atoms with E-state index in [-0.39, 0.29) is 16.6 Å². The lowest BCUT2D eigenvalue weighted by molar-refractivity contribution is 0.644. The molecule has 0 aliphatic heterocycles. The molecule has 0 saturated carbocycles. The van der Waals surface area contributed by atoms with Gasteiger partial charge in [0.15, 0.2) is 0 Å². The molecule has 1 aromatic rings. The molecule has 0 aromatic carbocycles. The van der Waals surface area contributed by atoms with Crippen LogP contribution in [0, 0.1) is 0 Å². The summed E-state index contributed by atoms with van der Waals surface area (Å²) in [6.45, 7) is 2.58. The lowest BCUT2D eigenvalue weighted by Gasteiger charge is -2.17. The third kappa shape index (κ3) is 2.96. The van der Waals surface area contributed by atoms with Crippen molar-refractivity contribution in [1.82, 2.24) is 9.78 Å². The fourth-order valence-corrected chi connectivity index (χ4v) is 1.65. The van der Waals surface area contributed by atoms with Crippen molar-refractivity contribution in [3.63, 3.8) is 0 Å². The number of hydrogen-bond acceptors (Lipinski definition) is 4. The van der Waals surface area contributed by atoms with Crippen LogP contribution in [0.2, 0.25) is 5.02 Å². The van der Waals surface area contributed by atoms with E-state index in [1.165, 1.54) is 4.68 Å². The maximum Gasteiger partial charge on any atom is 0.287 e. The Balaban J connectivity index is 2.89. The van der Waals surface area contributed by atoms with Gasteiger partial charge in [0.2, 0.25) is 0 Å². The summed E-state index contributed by atoms with van der Waals surface area (Å²) < 4.78 is 1.20. The van der Waals surface area contributed by atoms with Crippen molar-refractivity contribution in [3.8, 4) is 0 Å². The smallest absolute Gasteiger partial charge is 0.287 e. The van der Waals surface area contributed by atoms with Gasteiger partial charge < -0.3 is 11.1 Å². The lowest BCUT2D eigenvalue weighted by Crippen LogP contribution is -2.30. The zero-order valence-corrected chi connectivity index (χ0v) is 10.3. The van der Waals surface area contributed by atoms with Gasteiger partial charge in [0, 0.05) is 19.6 Å². The zero-order valence-electron chi connectivity index (χ0n) is 9.53. The topological polar surface area (TPSA) is 72.9 Å². The van der Waals surface area contributed by atoms with Crippen molar-refractivity contribution in [3.05, 3.63) is 21.6 Å². The van der Waals surface area contributed by atoms with Gasteiger partial charge in [-0.3, -0.25) is 4.79 Å². The Hall–Kier alpha value is -1.07. The van der Waals surface area contributed by atoms with Crippen LogP contribution in [0.15, 0.2) is 11.0 Å². The van der Waals surface area contributed by atoms with Gasteiger partial charge in [-0.2, -0.15) is 5.10 Å². The monoisotopic (exact) mass is 244 g/mol. The normalized spacial score (nSPS) is 12.5. The molecule has 1 heterocycles. The van der Waals surface area contributed by atoms with Crippen LogP contribution in [0.5, 0.6) is 0 Å². The molecule has 6 heteroatoms. The van der Waals surface area contributed by atoms with Crippen molar-refractivity contribution < 1.29 is 0 Å². The predicted molar refractivity (Wildman–Crippen MR) is 65.9 cm³/mol. The number of hydrogen-bond donors (Lipinski definition) is 2. The highest BCUT2D eigenvalue weighted by molar-refractivity contribution is 6.32. The molecule has 0 spiro atoms. The highest BCUT2D eigenvalue weighted by Crippen LogP contribution is 2.16. The summed E-state index contributed by atoms with van der Waals surface area (Å²) in [6, 6.07) is 0.122. The van der Waals surface area contributed by atoms with Crippen LogP contribution in [-0.2, 0) is 7.05 Å². The van der Waals surface area contributed by atoms with Gasteiger partial charge in [0.1, 0.15) is 5.02 Å². The van der Waals surface area contributed by atoms with Crippen molar-refractivity contribution in [1.29, 1.82) is 0 Å². The first-order valence-electron chi connectivity index (χ1n) is 5.28. The molecule has 1 unspecified atom stereocenters. The molecule has 1 aromatic heterocycles. The molecule has 1 atom stereocenters. The van der Waals surface area contributed by atoms with E-state index in [1.807, 2.05) is 0 Å². The molecule has 0 saturated heterocycles. The Kier molecular flexibility index (Phi) is 4.76. The minimum atomic E-state index is -0.307. The third-order valence-corrected chi connectivity index (χ3v) is 2.72. The molecule has 16 heavy (non-hydrogen) atoms. The average molecular weight is 245 g/mol. The van der Waals surface area contributed by atoms with Crippen molar-refractivity contribution in [2.75, 3.05) is 11.9 Å². The molecular weight excluding hydrogens is 228 g/mol. The minimum absolute atomic E-state index is 0.122. The fourth-order valence-electron chi connectivity index (χ4n) is 1.43. The standard InChI is InChI=1S/C10H17ClN4O/c1-3-4-7(5-12)14-8-6-13-15(2)10(16)9(8)11/h6-7,14H,3-5,12H2,1-2H3. The Morgan fingerprint density at radius 3 is 2.94 bits per heavy atom. The van der Waals surface area contributed by atoms with Gasteiger partial charge >= 0.3 is 0 Å². The number of aromatic nitrogens is 2. The molecule has 0 radical (unpaired) electrons. The van der Waals surface area contributed by atoms with E-state index < -0.39 is 0 Å². The lowest BCUT2D eigenvalue weighted by atomic mass is 10.1. The van der Waals surface area contributed by atoms with E-state index in [9.17, 15) is 4.79 Å². The third-order valence-electron chi connectivity index (χ3n) is 2.36. The molecule has 5 nitrogen and oxygen atoms in total. The van der Waals surface area contributed by atoms with E-state index in [0.29, 0.717) is 12.2 Å². The molecule has 0 aliphatic rings. The van der Waals surface area contributed by atoms with Gasteiger partial charge in [-0.1, -0.05) is 24.9 Å². The Morgan fingerprint density at radius 2 is 2.38 bits per heavy atom. The number of halogens is 1. The molecule has 0 bridgehead atoms. The number of rotatable bonds is 5. The summed E-state index contributed by atoms with van der Waals surface area (Å²) in [4.78, 5) is 11.5. The zero-order chi connectivity index (χ0) is 12.1. The Morgan fingerprint density at radius 1 is 1.69 bits per heavy atom. The summed E-state index contributed by atoms with van der Waals surface area (Å²) in [7, 11) is 1.56. The first kappa shape index (κ1) is 13.0. The van der Waals surface area contributed by atoms with Gasteiger partial charge in [0.25, 0.3) is 5.56 Å². The van der Waals surface area contributed by atoms with Crippen molar-refractivity contribution in [2.45, 2.75) is 25.8 Å². The Labute approximate surface area is 99.6 Å². The number of nitrogens with one attached hydrogen (secondary N) is 1. The highest BCUT2D eigenvalue weighted by Gasteiger charge is 2.11. The summed E-state index contributed by atoms with van der Waals surface area (Å²) >= 11 is 5.92. The second-order valence-electron chi connectivity index (χ2n) is 3.67. The molecule has 0 aliphatic carbocycles. The SMILES string of the molecule is CCCC(CN)Nc1cnn(C)c(=O)c1Cl. The molecule has 1 rings (SSSR count). The van der Waals surface area contributed by atoms with Crippen LogP contribution in [0.4, 0.5) is 5.69 Å². The minimum Gasteiger partial charge on any atom is -0.378 e. The molecule has 3 N–H and O–H groups in total. The van der Waals surface area contributed by atoms with Crippen LogP contribution in [0.3, 0.4) is 0 Å². The van der Waals surface area contributed by atoms with Crippen LogP contribution in [-0.4, -0.2) is 22.4 Å². The highest BCUT2D eigenvalue weighted by atomic mass is 35.5. The summed E-state index contributed by atoms with van der Waals surface area (Å²) in [5.74, 6) is 0. The summed E-state index contributed by atoms with van der Waals surface area (Å²) in [5.41, 5.74) is 5.86. The predicted octanol–water partition coefficient (Wildman–Crippen LogP) is 0.973. The van der Waals surface area contributed by atoms with Gasteiger partial charge in [-0.05, 0) is 6.42 Å². The van der Waals surface area contributed by atoms with Crippen LogP contribution in [0.25, 0.3) is 0 Å². The second kappa shape index (κ2) is 5.86. The largest absolute Gasteiger partial charge is 0.378 e. The van der Waals surface area contributed by atoms with E-state index in [2.05, 4.69) is 17.3 Å². The molecule has 0 amide bonds. The van der Waals surface area contributed by atoms with Crippen LogP contribution in [0.1, 0.15) is 19.8 Å². The quantitative estimate of drug-likeness (QED) is 0.810. The number of nitrogens with two attached hydrogens (primary N) is 1. The average Bonchev–Trinajstić information content (AvgIpc) is 2.29. The maximum absolute atomic E-state index is 11.5. The first-order chi connectivity index (χ1) is 7.60. The van der Waals surface area contributed by atoms with E-state index in [4.69, 9.17) is 17.3 Å². The number of aryl methyl sites for hydroxylation is 1. The number of anilines is 1.